The Morgan fingerprint density at radius 2 is 1.92 bits per heavy atom. The highest BCUT2D eigenvalue weighted by Gasteiger charge is 2.04. The lowest BCUT2D eigenvalue weighted by Gasteiger charge is -2.07. The Bertz CT molecular complexity index is 917. The van der Waals surface area contributed by atoms with E-state index in [0.717, 1.165) is 33.2 Å². The fraction of sp³-hybridized carbons (Fsp3) is 0.143. The van der Waals surface area contributed by atoms with Crippen LogP contribution in [-0.4, -0.2) is 18.1 Å². The van der Waals surface area contributed by atoms with Crippen LogP contribution in [0.5, 0.6) is 5.75 Å². The molecule has 0 saturated heterocycles. The molecule has 0 radical (unpaired) electrons. The van der Waals surface area contributed by atoms with E-state index < -0.39 is 0 Å². The summed E-state index contributed by atoms with van der Waals surface area (Å²) in [7, 11) is 1.65. The fourth-order valence-corrected chi connectivity index (χ4v) is 2.54. The highest BCUT2D eigenvalue weighted by Crippen LogP contribution is 2.22. The summed E-state index contributed by atoms with van der Waals surface area (Å²) in [5.41, 5.74) is 2.67. The van der Waals surface area contributed by atoms with E-state index in [1.807, 2.05) is 55.5 Å². The van der Waals surface area contributed by atoms with Crippen LogP contribution in [0.25, 0.3) is 16.3 Å². The van der Waals surface area contributed by atoms with Crippen LogP contribution in [0.2, 0.25) is 0 Å². The average Bonchev–Trinajstić information content (AvgIpc) is 2.66. The molecule has 1 heterocycles. The third-order valence-corrected chi connectivity index (χ3v) is 3.94. The zero-order chi connectivity index (χ0) is 17.6. The molecule has 0 N–H and O–H groups in total. The van der Waals surface area contributed by atoms with Crippen molar-refractivity contribution in [1.82, 2.24) is 4.98 Å². The minimum atomic E-state index is -0.365. The van der Waals surface area contributed by atoms with Gasteiger partial charge in [0.1, 0.15) is 12.4 Å². The third-order valence-electron chi connectivity index (χ3n) is 3.94. The summed E-state index contributed by atoms with van der Waals surface area (Å²) >= 11 is 0. The molecule has 126 valence electrons. The van der Waals surface area contributed by atoms with Crippen LogP contribution in [-0.2, 0) is 16.1 Å². The van der Waals surface area contributed by atoms with Crippen molar-refractivity contribution in [2.24, 2.45) is 0 Å². The molecule has 25 heavy (non-hydrogen) atoms. The van der Waals surface area contributed by atoms with E-state index in [4.69, 9.17) is 9.47 Å². The molecule has 4 nitrogen and oxygen atoms in total. The number of hydrogen-bond donors (Lipinski definition) is 0. The van der Waals surface area contributed by atoms with Crippen molar-refractivity contribution < 1.29 is 14.3 Å². The molecule has 1 aromatic heterocycles. The zero-order valence-electron chi connectivity index (χ0n) is 14.2. The molecule has 0 amide bonds. The molecule has 3 aromatic rings. The van der Waals surface area contributed by atoms with Crippen LogP contribution in [0, 0.1) is 0 Å². The van der Waals surface area contributed by atoms with Crippen molar-refractivity contribution in [3.63, 3.8) is 0 Å². The second-order valence-corrected chi connectivity index (χ2v) is 5.72. The molecule has 0 saturated carbocycles. The number of esters is 1. The van der Waals surface area contributed by atoms with Crippen molar-refractivity contribution in [1.29, 1.82) is 0 Å². The largest absolute Gasteiger partial charge is 0.497 e. The number of nitrogens with zero attached hydrogens (tertiary/aromatic N) is 1. The topological polar surface area (TPSA) is 48.4 Å². The Kier molecular flexibility index (Phi) is 5.09. The second-order valence-electron chi connectivity index (χ2n) is 5.72. The van der Waals surface area contributed by atoms with E-state index in [1.54, 1.807) is 19.5 Å². The maximum Gasteiger partial charge on any atom is 0.331 e. The predicted octanol–water partition coefficient (Wildman–Crippen LogP) is 4.39. The van der Waals surface area contributed by atoms with Crippen LogP contribution in [0.3, 0.4) is 0 Å². The third kappa shape index (κ3) is 4.23. The molecule has 3 rings (SSSR count). The van der Waals surface area contributed by atoms with Crippen LogP contribution >= 0.6 is 0 Å². The lowest BCUT2D eigenvalue weighted by Crippen LogP contribution is -2.02. The van der Waals surface area contributed by atoms with E-state index >= 15 is 0 Å². The quantitative estimate of drug-likeness (QED) is 0.513. The number of methoxy groups -OCH3 is 1. The standard InChI is InChI=1S/C21H19NO3/c1-15(19-4-3-9-22-13-19)10-21(23)25-14-16-5-6-18-12-20(24-2)8-7-17(18)11-16/h3-13H,14H2,1-2H3/b15-10+. The van der Waals surface area contributed by atoms with E-state index in [1.165, 1.54) is 6.08 Å². The van der Waals surface area contributed by atoms with E-state index in [0.29, 0.717) is 0 Å². The number of carbonyl (C=O) groups excluding carboxylic acids is 1. The van der Waals surface area contributed by atoms with Gasteiger partial charge in [0.25, 0.3) is 0 Å². The maximum absolute atomic E-state index is 12.0. The van der Waals surface area contributed by atoms with Crippen molar-refractivity contribution in [2.75, 3.05) is 7.11 Å². The lowest BCUT2D eigenvalue weighted by molar-refractivity contribution is -0.138. The molecule has 0 aliphatic rings. The van der Waals surface area contributed by atoms with Gasteiger partial charge in [0, 0.05) is 18.5 Å². The molecule has 0 unspecified atom stereocenters. The number of fused-ring (bicyclic) bond motifs is 1. The Balaban J connectivity index is 1.66. The number of rotatable bonds is 5. The van der Waals surface area contributed by atoms with Gasteiger partial charge < -0.3 is 9.47 Å². The lowest BCUT2D eigenvalue weighted by atomic mass is 10.1. The van der Waals surface area contributed by atoms with Crippen LogP contribution in [0.4, 0.5) is 0 Å². The molecule has 0 aliphatic heterocycles. The molecule has 0 spiro atoms. The zero-order valence-corrected chi connectivity index (χ0v) is 14.2. The van der Waals surface area contributed by atoms with Gasteiger partial charge >= 0.3 is 5.97 Å². The summed E-state index contributed by atoms with van der Waals surface area (Å²) in [4.78, 5) is 16.1. The van der Waals surface area contributed by atoms with Gasteiger partial charge in [-0.1, -0.05) is 24.3 Å². The van der Waals surface area contributed by atoms with Crippen molar-refractivity contribution in [2.45, 2.75) is 13.5 Å². The molecule has 4 heteroatoms. The SMILES string of the molecule is COc1ccc2cc(COC(=O)/C=C(\C)c3cccnc3)ccc2c1. The van der Waals surface area contributed by atoms with Gasteiger partial charge in [0.15, 0.2) is 0 Å². The van der Waals surface area contributed by atoms with Gasteiger partial charge in [-0.15, -0.1) is 0 Å². The first-order valence-corrected chi connectivity index (χ1v) is 7.98. The monoisotopic (exact) mass is 333 g/mol. The first kappa shape index (κ1) is 16.7. The minimum Gasteiger partial charge on any atom is -0.497 e. The number of aromatic nitrogens is 1. The number of allylic oxidation sites excluding steroid dienone is 1. The highest BCUT2D eigenvalue weighted by molar-refractivity contribution is 5.91. The first-order valence-electron chi connectivity index (χ1n) is 7.98. The van der Waals surface area contributed by atoms with Gasteiger partial charge in [-0.3, -0.25) is 4.98 Å². The van der Waals surface area contributed by atoms with Crippen molar-refractivity contribution in [3.05, 3.63) is 78.1 Å². The molecular weight excluding hydrogens is 314 g/mol. The Hall–Kier alpha value is -3.14. The summed E-state index contributed by atoms with van der Waals surface area (Å²) in [6.07, 6.45) is 4.91. The smallest absolute Gasteiger partial charge is 0.331 e. The predicted molar refractivity (Wildman–Crippen MR) is 98.2 cm³/mol. The highest BCUT2D eigenvalue weighted by atomic mass is 16.5. The summed E-state index contributed by atoms with van der Waals surface area (Å²) in [6, 6.07) is 15.6. The van der Waals surface area contributed by atoms with E-state index in [-0.39, 0.29) is 12.6 Å². The normalized spacial score (nSPS) is 11.4. The van der Waals surface area contributed by atoms with Gasteiger partial charge in [0.05, 0.1) is 7.11 Å². The fourth-order valence-electron chi connectivity index (χ4n) is 2.54. The molecule has 2 aromatic carbocycles. The van der Waals surface area contributed by atoms with Crippen LogP contribution in [0.1, 0.15) is 18.1 Å². The van der Waals surface area contributed by atoms with Crippen LogP contribution < -0.4 is 4.74 Å². The van der Waals surface area contributed by atoms with Gasteiger partial charge in [0.2, 0.25) is 0 Å². The number of pyridine rings is 1. The molecule has 0 fully saturated rings. The Morgan fingerprint density at radius 1 is 1.12 bits per heavy atom. The first-order chi connectivity index (χ1) is 12.2. The molecule has 0 bridgehead atoms. The van der Waals surface area contributed by atoms with Gasteiger partial charge in [-0.05, 0) is 58.7 Å². The Labute approximate surface area is 146 Å². The number of ether oxygens (including phenoxy) is 2. The number of carbonyl (C=O) groups is 1. The average molecular weight is 333 g/mol. The minimum absolute atomic E-state index is 0.234. The molecule has 0 atom stereocenters. The molecule has 0 aliphatic carbocycles. The summed E-state index contributed by atoms with van der Waals surface area (Å²) in [5, 5.41) is 2.16. The number of hydrogen-bond acceptors (Lipinski definition) is 4. The van der Waals surface area contributed by atoms with Gasteiger partial charge in [-0.25, -0.2) is 4.79 Å². The van der Waals surface area contributed by atoms with E-state index in [2.05, 4.69) is 4.98 Å². The van der Waals surface area contributed by atoms with Crippen molar-refractivity contribution in [3.8, 4) is 5.75 Å². The van der Waals surface area contributed by atoms with E-state index in [9.17, 15) is 4.79 Å². The second kappa shape index (κ2) is 7.62. The van der Waals surface area contributed by atoms with Crippen molar-refractivity contribution >= 4 is 22.3 Å². The van der Waals surface area contributed by atoms with Gasteiger partial charge in [-0.2, -0.15) is 0 Å². The Morgan fingerprint density at radius 3 is 2.68 bits per heavy atom. The molecular formula is C21H19NO3. The van der Waals surface area contributed by atoms with Crippen LogP contribution in [0.15, 0.2) is 67.0 Å². The summed E-state index contributed by atoms with van der Waals surface area (Å²) in [6.45, 7) is 2.10. The summed E-state index contributed by atoms with van der Waals surface area (Å²) in [5.74, 6) is 0.457. The maximum atomic E-state index is 12.0. The number of benzene rings is 2. The summed E-state index contributed by atoms with van der Waals surface area (Å²) < 4.78 is 10.6.